The number of aliphatic hydroxyl groups excluding tert-OH is 1. The molecule has 108 valence electrons. The minimum absolute atomic E-state index is 0.198. The lowest BCUT2D eigenvalue weighted by atomic mass is 9.87. The standard InChI is InChI=1S/C16H27NOS/c1-12(2)17-10-14(18)11-19-15-8-6-13(7-9-15)16(3,4)5/h6-9,12,14,17-18H,10-11H2,1-5H3. The monoisotopic (exact) mass is 281 g/mol. The third-order valence-corrected chi connectivity index (χ3v) is 4.08. The Morgan fingerprint density at radius 2 is 1.74 bits per heavy atom. The molecule has 1 atom stereocenters. The second-order valence-electron chi connectivity index (χ2n) is 6.30. The number of aliphatic hydroxyl groups is 1. The highest BCUT2D eigenvalue weighted by molar-refractivity contribution is 7.99. The molecule has 19 heavy (non-hydrogen) atoms. The van der Waals surface area contributed by atoms with Gasteiger partial charge in [0.25, 0.3) is 0 Å². The fraction of sp³-hybridized carbons (Fsp3) is 0.625. The SMILES string of the molecule is CC(C)NCC(O)CSc1ccc(C(C)(C)C)cc1. The molecule has 0 aliphatic carbocycles. The predicted molar refractivity (Wildman–Crippen MR) is 85.0 cm³/mol. The van der Waals surface area contributed by atoms with Crippen LogP contribution in [0.5, 0.6) is 0 Å². The maximum Gasteiger partial charge on any atom is 0.0758 e. The van der Waals surface area contributed by atoms with Crippen molar-refractivity contribution < 1.29 is 5.11 Å². The van der Waals surface area contributed by atoms with E-state index in [0.717, 1.165) is 5.75 Å². The summed E-state index contributed by atoms with van der Waals surface area (Å²) in [7, 11) is 0. The molecule has 0 fully saturated rings. The van der Waals surface area contributed by atoms with Gasteiger partial charge in [-0.1, -0.05) is 46.8 Å². The zero-order valence-electron chi connectivity index (χ0n) is 12.7. The average Bonchev–Trinajstić information content (AvgIpc) is 2.33. The molecule has 0 saturated carbocycles. The number of rotatable bonds is 6. The molecule has 0 aromatic heterocycles. The van der Waals surface area contributed by atoms with Gasteiger partial charge >= 0.3 is 0 Å². The largest absolute Gasteiger partial charge is 0.391 e. The van der Waals surface area contributed by atoms with E-state index in [0.29, 0.717) is 12.6 Å². The van der Waals surface area contributed by atoms with Crippen molar-refractivity contribution in [2.75, 3.05) is 12.3 Å². The van der Waals surface area contributed by atoms with Crippen LogP contribution in [0.2, 0.25) is 0 Å². The van der Waals surface area contributed by atoms with Gasteiger partial charge in [-0.2, -0.15) is 0 Å². The van der Waals surface area contributed by atoms with Gasteiger partial charge in [-0.25, -0.2) is 0 Å². The topological polar surface area (TPSA) is 32.3 Å². The smallest absolute Gasteiger partial charge is 0.0758 e. The highest BCUT2D eigenvalue weighted by Gasteiger charge is 2.13. The van der Waals surface area contributed by atoms with E-state index in [1.807, 2.05) is 0 Å². The maximum atomic E-state index is 9.86. The summed E-state index contributed by atoms with van der Waals surface area (Å²) in [5, 5.41) is 13.1. The molecule has 0 aliphatic rings. The molecule has 1 aromatic rings. The van der Waals surface area contributed by atoms with Gasteiger partial charge < -0.3 is 10.4 Å². The molecule has 2 nitrogen and oxygen atoms in total. The van der Waals surface area contributed by atoms with Crippen LogP contribution in [0.15, 0.2) is 29.2 Å². The molecule has 0 heterocycles. The highest BCUT2D eigenvalue weighted by Crippen LogP contribution is 2.25. The molecule has 2 N–H and O–H groups in total. The normalized spacial score (nSPS) is 13.8. The first-order chi connectivity index (χ1) is 8.79. The highest BCUT2D eigenvalue weighted by atomic mass is 32.2. The van der Waals surface area contributed by atoms with Crippen LogP contribution in [0, 0.1) is 0 Å². The Balaban J connectivity index is 2.42. The van der Waals surface area contributed by atoms with Crippen molar-refractivity contribution in [3.8, 4) is 0 Å². The number of thioether (sulfide) groups is 1. The molecule has 0 saturated heterocycles. The van der Waals surface area contributed by atoms with Crippen molar-refractivity contribution >= 4 is 11.8 Å². The van der Waals surface area contributed by atoms with Crippen molar-refractivity contribution in [3.05, 3.63) is 29.8 Å². The second kappa shape index (κ2) is 7.32. The second-order valence-corrected chi connectivity index (χ2v) is 7.40. The van der Waals surface area contributed by atoms with Crippen molar-refractivity contribution in [3.63, 3.8) is 0 Å². The molecule has 0 bridgehead atoms. The Kier molecular flexibility index (Phi) is 6.37. The summed E-state index contributed by atoms with van der Waals surface area (Å²) in [6, 6.07) is 9.08. The van der Waals surface area contributed by atoms with Crippen LogP contribution in [0.1, 0.15) is 40.2 Å². The molecule has 1 unspecified atom stereocenters. The summed E-state index contributed by atoms with van der Waals surface area (Å²) in [6.07, 6.45) is -0.297. The summed E-state index contributed by atoms with van der Waals surface area (Å²) in [5.41, 5.74) is 1.54. The van der Waals surface area contributed by atoms with Gasteiger partial charge in [0.1, 0.15) is 0 Å². The van der Waals surface area contributed by atoms with Crippen LogP contribution in [-0.4, -0.2) is 29.5 Å². The number of hydrogen-bond donors (Lipinski definition) is 2. The minimum Gasteiger partial charge on any atom is -0.391 e. The van der Waals surface area contributed by atoms with Gasteiger partial charge in [-0.05, 0) is 23.1 Å². The summed E-state index contributed by atoms with van der Waals surface area (Å²) < 4.78 is 0. The van der Waals surface area contributed by atoms with Crippen LogP contribution in [0.4, 0.5) is 0 Å². The molecule has 0 aliphatic heterocycles. The Labute approximate surface area is 122 Å². The first-order valence-electron chi connectivity index (χ1n) is 6.94. The summed E-state index contributed by atoms with van der Waals surface area (Å²) >= 11 is 1.71. The number of hydrogen-bond acceptors (Lipinski definition) is 3. The summed E-state index contributed by atoms with van der Waals surface area (Å²) in [4.78, 5) is 1.22. The number of benzene rings is 1. The maximum absolute atomic E-state index is 9.86. The van der Waals surface area contributed by atoms with Gasteiger partial charge in [0, 0.05) is 23.2 Å². The van der Waals surface area contributed by atoms with E-state index < -0.39 is 0 Å². The molecule has 1 aromatic carbocycles. The Morgan fingerprint density at radius 1 is 1.16 bits per heavy atom. The van der Waals surface area contributed by atoms with Crippen LogP contribution in [0.3, 0.4) is 0 Å². The first-order valence-corrected chi connectivity index (χ1v) is 7.92. The molecule has 0 radical (unpaired) electrons. The average molecular weight is 281 g/mol. The molecule has 3 heteroatoms. The molecular formula is C16H27NOS. The zero-order chi connectivity index (χ0) is 14.5. The molecule has 0 amide bonds. The van der Waals surface area contributed by atoms with Crippen molar-refractivity contribution in [1.82, 2.24) is 5.32 Å². The van der Waals surface area contributed by atoms with E-state index in [4.69, 9.17) is 0 Å². The third kappa shape index (κ3) is 6.46. The van der Waals surface area contributed by atoms with Gasteiger partial charge in [-0.3, -0.25) is 0 Å². The summed E-state index contributed by atoms with van der Waals surface area (Å²) in [6.45, 7) is 11.5. The molecule has 0 spiro atoms. The Morgan fingerprint density at radius 3 is 2.21 bits per heavy atom. The first kappa shape index (κ1) is 16.5. The molecule has 1 rings (SSSR count). The third-order valence-electron chi connectivity index (χ3n) is 2.92. The van der Waals surface area contributed by atoms with Crippen LogP contribution < -0.4 is 5.32 Å². The lowest BCUT2D eigenvalue weighted by molar-refractivity contribution is 0.192. The Bertz CT molecular complexity index is 367. The van der Waals surface area contributed by atoms with Crippen LogP contribution >= 0.6 is 11.8 Å². The van der Waals surface area contributed by atoms with Gasteiger partial charge in [0.2, 0.25) is 0 Å². The van der Waals surface area contributed by atoms with Gasteiger partial charge in [0.05, 0.1) is 6.10 Å². The van der Waals surface area contributed by atoms with Crippen molar-refractivity contribution in [1.29, 1.82) is 0 Å². The van der Waals surface area contributed by atoms with E-state index in [9.17, 15) is 5.11 Å². The fourth-order valence-electron chi connectivity index (χ4n) is 1.67. The Hall–Kier alpha value is -0.510. The van der Waals surface area contributed by atoms with Crippen LogP contribution in [-0.2, 0) is 5.41 Å². The van der Waals surface area contributed by atoms with Crippen molar-refractivity contribution in [2.24, 2.45) is 0 Å². The zero-order valence-corrected chi connectivity index (χ0v) is 13.6. The summed E-state index contributed by atoms with van der Waals surface area (Å²) in [5.74, 6) is 0.731. The van der Waals surface area contributed by atoms with E-state index >= 15 is 0 Å². The van der Waals surface area contributed by atoms with Gasteiger partial charge in [-0.15, -0.1) is 11.8 Å². The van der Waals surface area contributed by atoms with E-state index in [-0.39, 0.29) is 11.5 Å². The fourth-order valence-corrected chi connectivity index (χ4v) is 2.51. The molecular weight excluding hydrogens is 254 g/mol. The lowest BCUT2D eigenvalue weighted by Crippen LogP contribution is -2.33. The quantitative estimate of drug-likeness (QED) is 0.784. The van der Waals surface area contributed by atoms with E-state index in [2.05, 4.69) is 64.2 Å². The van der Waals surface area contributed by atoms with E-state index in [1.165, 1.54) is 10.5 Å². The minimum atomic E-state index is -0.297. The van der Waals surface area contributed by atoms with Gasteiger partial charge in [0.15, 0.2) is 0 Å². The van der Waals surface area contributed by atoms with Crippen LogP contribution in [0.25, 0.3) is 0 Å². The number of nitrogens with one attached hydrogen (secondary N) is 1. The predicted octanol–water partition coefficient (Wildman–Crippen LogP) is 3.44. The van der Waals surface area contributed by atoms with Crippen molar-refractivity contribution in [2.45, 2.75) is 57.1 Å². The lowest BCUT2D eigenvalue weighted by Gasteiger charge is -2.19. The van der Waals surface area contributed by atoms with E-state index in [1.54, 1.807) is 11.8 Å².